The maximum absolute atomic E-state index is 12.0. The Morgan fingerprint density at radius 3 is 2.07 bits per heavy atom. The van der Waals surface area contributed by atoms with E-state index in [-0.39, 0.29) is 11.9 Å². The minimum Gasteiger partial charge on any atom is -0.291 e. The van der Waals surface area contributed by atoms with Crippen LogP contribution in [0, 0.1) is 11.8 Å². The van der Waals surface area contributed by atoms with Gasteiger partial charge in [0.2, 0.25) is 5.91 Å². The van der Waals surface area contributed by atoms with Gasteiger partial charge in [0.15, 0.2) is 0 Å². The third kappa shape index (κ3) is 11.2. The van der Waals surface area contributed by atoms with Crippen LogP contribution < -0.4 is 10.9 Å². The number of hydrogen-bond acceptors (Lipinski definition) is 2. The first kappa shape index (κ1) is 24.9. The molecule has 1 saturated carbocycles. The second-order valence-corrected chi connectivity index (χ2v) is 9.44. The number of rotatable bonds is 18. The Morgan fingerprint density at radius 1 is 0.867 bits per heavy atom. The third-order valence-electron chi connectivity index (χ3n) is 6.70. The van der Waals surface area contributed by atoms with Crippen LogP contribution in [0.1, 0.15) is 122 Å². The lowest BCUT2D eigenvalue weighted by atomic mass is 10.0. The molecule has 2 rings (SSSR count). The molecule has 1 aromatic carbocycles. The molecular weight excluding hydrogens is 368 g/mol. The van der Waals surface area contributed by atoms with Crippen LogP contribution in [0.15, 0.2) is 30.3 Å². The van der Waals surface area contributed by atoms with E-state index >= 15 is 0 Å². The van der Waals surface area contributed by atoms with Gasteiger partial charge in [-0.25, -0.2) is 5.43 Å². The molecule has 1 aliphatic rings. The van der Waals surface area contributed by atoms with Gasteiger partial charge in [0, 0.05) is 12.5 Å². The minimum absolute atomic E-state index is 0.105. The summed E-state index contributed by atoms with van der Waals surface area (Å²) in [5, 5.41) is 0. The second-order valence-electron chi connectivity index (χ2n) is 9.44. The summed E-state index contributed by atoms with van der Waals surface area (Å²) in [7, 11) is 0. The summed E-state index contributed by atoms with van der Waals surface area (Å²) in [6.45, 7) is 4.35. The predicted molar refractivity (Wildman–Crippen MR) is 128 cm³/mol. The van der Waals surface area contributed by atoms with Crippen LogP contribution in [0.25, 0.3) is 0 Å². The number of carbonyl (C=O) groups is 1. The molecule has 1 amide bonds. The number of hydrazine groups is 1. The van der Waals surface area contributed by atoms with Gasteiger partial charge < -0.3 is 0 Å². The summed E-state index contributed by atoms with van der Waals surface area (Å²) >= 11 is 0. The van der Waals surface area contributed by atoms with E-state index in [1.165, 1.54) is 89.0 Å². The van der Waals surface area contributed by atoms with Gasteiger partial charge in [-0.2, -0.15) is 0 Å². The molecule has 170 valence electrons. The van der Waals surface area contributed by atoms with Crippen molar-refractivity contribution in [2.75, 3.05) is 0 Å². The van der Waals surface area contributed by atoms with Crippen molar-refractivity contribution < 1.29 is 4.79 Å². The van der Waals surface area contributed by atoms with Gasteiger partial charge in [0.25, 0.3) is 0 Å². The first-order valence-corrected chi connectivity index (χ1v) is 12.8. The standard InChI is InChI=1S/C27H46N2O/c1-3-4-5-6-8-12-19-25-22-26(25)20-13-9-7-10-16-21-27(30)29-28-23(2)24-17-14-11-15-18-24/h11,14-15,17-18,23,25-26,28H,3-10,12-13,16,19-22H2,1-2H3,(H,29,30)/t23?,25-,26+/m0/s1. The molecule has 0 bridgehead atoms. The highest BCUT2D eigenvalue weighted by Gasteiger charge is 2.34. The lowest BCUT2D eigenvalue weighted by Gasteiger charge is -2.15. The number of nitrogens with one attached hydrogen (secondary N) is 2. The summed E-state index contributed by atoms with van der Waals surface area (Å²) in [4.78, 5) is 12.0. The molecular formula is C27H46N2O. The van der Waals surface area contributed by atoms with Crippen molar-refractivity contribution in [1.82, 2.24) is 10.9 Å². The Bertz CT molecular complexity index is 559. The molecule has 1 fully saturated rings. The van der Waals surface area contributed by atoms with Gasteiger partial charge >= 0.3 is 0 Å². The third-order valence-corrected chi connectivity index (χ3v) is 6.70. The number of benzene rings is 1. The highest BCUT2D eigenvalue weighted by molar-refractivity contribution is 5.75. The van der Waals surface area contributed by atoms with E-state index in [1.807, 2.05) is 18.2 Å². The van der Waals surface area contributed by atoms with Crippen LogP contribution in [0.4, 0.5) is 0 Å². The van der Waals surface area contributed by atoms with E-state index in [4.69, 9.17) is 0 Å². The molecule has 0 saturated heterocycles. The summed E-state index contributed by atoms with van der Waals surface area (Å²) in [5.41, 5.74) is 7.15. The zero-order valence-corrected chi connectivity index (χ0v) is 19.6. The summed E-state index contributed by atoms with van der Waals surface area (Å²) in [6.07, 6.45) is 19.8. The molecule has 0 radical (unpaired) electrons. The van der Waals surface area contributed by atoms with Crippen LogP contribution in [0.3, 0.4) is 0 Å². The zero-order chi connectivity index (χ0) is 21.4. The van der Waals surface area contributed by atoms with Crippen molar-refractivity contribution in [2.24, 2.45) is 11.8 Å². The first-order chi connectivity index (χ1) is 14.7. The number of hydrogen-bond donors (Lipinski definition) is 2. The molecule has 30 heavy (non-hydrogen) atoms. The van der Waals surface area contributed by atoms with Crippen molar-refractivity contribution in [3.05, 3.63) is 35.9 Å². The van der Waals surface area contributed by atoms with Gasteiger partial charge in [-0.1, -0.05) is 114 Å². The van der Waals surface area contributed by atoms with Crippen molar-refractivity contribution in [2.45, 2.75) is 116 Å². The maximum atomic E-state index is 12.0. The molecule has 0 aliphatic heterocycles. The van der Waals surface area contributed by atoms with Crippen molar-refractivity contribution in [3.8, 4) is 0 Å². The molecule has 0 spiro atoms. The van der Waals surface area contributed by atoms with Gasteiger partial charge in [-0.3, -0.25) is 10.2 Å². The largest absolute Gasteiger partial charge is 0.291 e. The number of unbranched alkanes of at least 4 members (excludes halogenated alkanes) is 9. The van der Waals surface area contributed by atoms with Crippen molar-refractivity contribution >= 4 is 5.91 Å². The van der Waals surface area contributed by atoms with Gasteiger partial charge in [0.1, 0.15) is 0 Å². The Morgan fingerprint density at radius 2 is 1.43 bits per heavy atom. The smallest absolute Gasteiger partial charge is 0.234 e. The SMILES string of the molecule is CCCCCCCC[C@H]1C[C@H]1CCCCCCCC(=O)NNC(C)c1ccccc1. The van der Waals surface area contributed by atoms with Crippen LogP contribution in [-0.2, 0) is 4.79 Å². The van der Waals surface area contributed by atoms with Crippen molar-refractivity contribution in [1.29, 1.82) is 0 Å². The molecule has 0 aromatic heterocycles. The fourth-order valence-corrected chi connectivity index (χ4v) is 4.50. The highest BCUT2D eigenvalue weighted by atomic mass is 16.2. The fourth-order valence-electron chi connectivity index (χ4n) is 4.50. The summed E-state index contributed by atoms with van der Waals surface area (Å²) in [6, 6.07) is 10.3. The van der Waals surface area contributed by atoms with E-state index in [2.05, 4.69) is 36.8 Å². The molecule has 1 aliphatic carbocycles. The normalized spacial score (nSPS) is 18.9. The van der Waals surface area contributed by atoms with Crippen LogP contribution in [0.2, 0.25) is 0 Å². The number of carbonyl (C=O) groups excluding carboxylic acids is 1. The minimum atomic E-state index is 0.105. The quantitative estimate of drug-likeness (QED) is 0.193. The molecule has 1 aromatic rings. The average Bonchev–Trinajstić information content (AvgIpc) is 3.52. The lowest BCUT2D eigenvalue weighted by molar-refractivity contribution is -0.122. The Balaban J connectivity index is 1.35. The van der Waals surface area contributed by atoms with Gasteiger partial charge in [0.05, 0.1) is 0 Å². The van der Waals surface area contributed by atoms with Crippen LogP contribution in [-0.4, -0.2) is 5.91 Å². The van der Waals surface area contributed by atoms with E-state index in [1.54, 1.807) is 0 Å². The molecule has 0 heterocycles. The predicted octanol–water partition coefficient (Wildman–Crippen LogP) is 7.49. The topological polar surface area (TPSA) is 41.1 Å². The Labute approximate surface area is 185 Å². The first-order valence-electron chi connectivity index (χ1n) is 12.8. The maximum Gasteiger partial charge on any atom is 0.234 e. The lowest BCUT2D eigenvalue weighted by Crippen LogP contribution is -2.38. The zero-order valence-electron chi connectivity index (χ0n) is 19.6. The second kappa shape index (κ2) is 15.5. The van der Waals surface area contributed by atoms with Crippen LogP contribution >= 0.6 is 0 Å². The fraction of sp³-hybridized carbons (Fsp3) is 0.741. The average molecular weight is 415 g/mol. The van der Waals surface area contributed by atoms with E-state index in [0.717, 1.165) is 18.3 Å². The molecule has 1 unspecified atom stereocenters. The highest BCUT2D eigenvalue weighted by Crippen LogP contribution is 2.45. The molecule has 2 N–H and O–H groups in total. The molecule has 3 nitrogen and oxygen atoms in total. The van der Waals surface area contributed by atoms with E-state index in [9.17, 15) is 4.79 Å². The molecule has 3 heteroatoms. The Kier molecular flexibility index (Phi) is 12.8. The summed E-state index contributed by atoms with van der Waals surface area (Å²) < 4.78 is 0. The Hall–Kier alpha value is -1.35. The van der Waals surface area contributed by atoms with E-state index in [0.29, 0.717) is 6.42 Å². The monoisotopic (exact) mass is 414 g/mol. The van der Waals surface area contributed by atoms with Gasteiger partial charge in [-0.05, 0) is 37.2 Å². The van der Waals surface area contributed by atoms with Gasteiger partial charge in [-0.15, -0.1) is 0 Å². The van der Waals surface area contributed by atoms with Crippen molar-refractivity contribution in [3.63, 3.8) is 0 Å². The number of amides is 1. The van der Waals surface area contributed by atoms with Crippen LogP contribution in [0.5, 0.6) is 0 Å². The van der Waals surface area contributed by atoms with E-state index < -0.39 is 0 Å². The summed E-state index contributed by atoms with van der Waals surface area (Å²) in [5.74, 6) is 2.21. The molecule has 3 atom stereocenters.